The van der Waals surface area contributed by atoms with E-state index in [-0.39, 0.29) is 0 Å². The van der Waals surface area contributed by atoms with E-state index < -0.39 is 0 Å². The monoisotopic (exact) mass is 318 g/mol. The van der Waals surface area contributed by atoms with Gasteiger partial charge in [0.15, 0.2) is 0 Å². The molecule has 0 bridgehead atoms. The number of aryl methyl sites for hydroxylation is 2. The van der Waals surface area contributed by atoms with Gasteiger partial charge in [0.25, 0.3) is 0 Å². The number of anilines is 2. The van der Waals surface area contributed by atoms with Crippen LogP contribution in [0.25, 0.3) is 0 Å². The Balaban J connectivity index is 1.63. The van der Waals surface area contributed by atoms with E-state index in [1.165, 1.54) is 54.9 Å². The average Bonchev–Trinajstić information content (AvgIpc) is 3.22. The first kappa shape index (κ1) is 14.4. The van der Waals surface area contributed by atoms with Crippen LogP contribution in [0, 0.1) is 19.8 Å². The van der Waals surface area contributed by atoms with Crippen LogP contribution in [0.5, 0.6) is 0 Å². The Hall–Kier alpha value is -1.96. The van der Waals surface area contributed by atoms with Crippen LogP contribution in [0.4, 0.5) is 11.4 Å². The zero-order valence-electron chi connectivity index (χ0n) is 14.7. The molecule has 0 saturated carbocycles. The molecule has 0 unspecified atom stereocenters. The molecule has 3 aliphatic heterocycles. The normalized spacial score (nSPS) is 27.8. The van der Waals surface area contributed by atoms with E-state index in [0.29, 0.717) is 6.04 Å². The van der Waals surface area contributed by atoms with E-state index in [9.17, 15) is 0 Å². The molecule has 3 atom stereocenters. The van der Waals surface area contributed by atoms with E-state index in [4.69, 9.17) is 0 Å². The van der Waals surface area contributed by atoms with Gasteiger partial charge in [-0.05, 0) is 56.9 Å². The molecule has 3 aliphatic rings. The van der Waals surface area contributed by atoms with Gasteiger partial charge in [-0.1, -0.05) is 35.4 Å². The van der Waals surface area contributed by atoms with Crippen molar-refractivity contribution in [1.82, 2.24) is 0 Å². The van der Waals surface area contributed by atoms with Crippen LogP contribution in [0.3, 0.4) is 0 Å². The molecule has 2 heteroatoms. The number of benzene rings is 2. The van der Waals surface area contributed by atoms with E-state index in [2.05, 4.69) is 66.1 Å². The van der Waals surface area contributed by atoms with Crippen LogP contribution in [0.15, 0.2) is 42.5 Å². The second-order valence-corrected chi connectivity index (χ2v) is 7.89. The molecular formula is C22H26N2. The maximum Gasteiger partial charge on any atom is 0.0611 e. The van der Waals surface area contributed by atoms with Gasteiger partial charge in [-0.15, -0.1) is 0 Å². The lowest BCUT2D eigenvalue weighted by molar-refractivity contribution is 0.373. The maximum atomic E-state index is 2.72. The third-order valence-electron chi connectivity index (χ3n) is 6.41. The molecule has 24 heavy (non-hydrogen) atoms. The van der Waals surface area contributed by atoms with Crippen molar-refractivity contribution in [3.8, 4) is 0 Å². The molecule has 2 aromatic rings. The van der Waals surface area contributed by atoms with Crippen LogP contribution in [0.1, 0.15) is 42.0 Å². The summed E-state index contributed by atoms with van der Waals surface area (Å²) in [6.45, 7) is 6.84. The Morgan fingerprint density at radius 2 is 1.62 bits per heavy atom. The highest BCUT2D eigenvalue weighted by molar-refractivity contribution is 5.64. The number of hydrogen-bond donors (Lipinski definition) is 0. The summed E-state index contributed by atoms with van der Waals surface area (Å²) >= 11 is 0. The van der Waals surface area contributed by atoms with Crippen molar-refractivity contribution in [2.45, 2.75) is 45.2 Å². The summed E-state index contributed by atoms with van der Waals surface area (Å²) in [5.41, 5.74) is 7.20. The predicted octanol–water partition coefficient (Wildman–Crippen LogP) is 4.85. The van der Waals surface area contributed by atoms with Gasteiger partial charge >= 0.3 is 0 Å². The van der Waals surface area contributed by atoms with Gasteiger partial charge in [0.05, 0.1) is 6.04 Å². The number of nitrogens with zero attached hydrogens (tertiary/aromatic N) is 2. The predicted molar refractivity (Wildman–Crippen MR) is 101 cm³/mol. The number of fused-ring (bicyclic) bond motifs is 6. The van der Waals surface area contributed by atoms with Gasteiger partial charge in [0.2, 0.25) is 0 Å². The number of hydrogen-bond acceptors (Lipinski definition) is 2. The third kappa shape index (κ3) is 2.02. The van der Waals surface area contributed by atoms with Crippen molar-refractivity contribution < 1.29 is 0 Å². The fourth-order valence-electron chi connectivity index (χ4n) is 5.35. The lowest BCUT2D eigenvalue weighted by atomic mass is 9.81. The van der Waals surface area contributed by atoms with Gasteiger partial charge in [0, 0.05) is 36.4 Å². The lowest BCUT2D eigenvalue weighted by Gasteiger charge is -2.44. The summed E-state index contributed by atoms with van der Waals surface area (Å²) in [6.07, 6.45) is 4.05. The van der Waals surface area contributed by atoms with Crippen molar-refractivity contribution >= 4 is 11.4 Å². The molecule has 0 N–H and O–H groups in total. The minimum absolute atomic E-state index is 0.557. The molecule has 124 valence electrons. The minimum Gasteiger partial charge on any atom is -0.368 e. The Labute approximate surface area is 145 Å². The van der Waals surface area contributed by atoms with Crippen LogP contribution >= 0.6 is 0 Å². The van der Waals surface area contributed by atoms with Crippen molar-refractivity contribution in [1.29, 1.82) is 0 Å². The summed E-state index contributed by atoms with van der Waals surface area (Å²) in [7, 11) is 0. The van der Waals surface area contributed by atoms with Crippen molar-refractivity contribution in [3.63, 3.8) is 0 Å². The van der Waals surface area contributed by atoms with Gasteiger partial charge in [-0.2, -0.15) is 0 Å². The highest BCUT2D eigenvalue weighted by atomic mass is 15.3. The molecule has 0 radical (unpaired) electrons. The van der Waals surface area contributed by atoms with Gasteiger partial charge in [-0.25, -0.2) is 0 Å². The summed E-state index contributed by atoms with van der Waals surface area (Å²) in [5.74, 6) is 0.781. The van der Waals surface area contributed by atoms with E-state index in [0.717, 1.165) is 12.0 Å². The van der Waals surface area contributed by atoms with Crippen LogP contribution in [0.2, 0.25) is 0 Å². The SMILES string of the molecule is Cc1ccc(N2CC[C@@H]3[C@@H]4CCCN4c4ccc(C)cc4[C@@H]32)cc1. The standard InChI is InChI=1S/C22H26N2/c1-15-5-8-17(9-6-15)23-13-11-18-20-4-3-12-24(20)21-10-7-16(2)14-19(21)22(18)23/h5-10,14,18,20,22H,3-4,11-13H2,1-2H3/t18-,20+,22-/m1/s1. The van der Waals surface area contributed by atoms with Crippen molar-refractivity contribution in [2.75, 3.05) is 22.9 Å². The van der Waals surface area contributed by atoms with E-state index >= 15 is 0 Å². The molecule has 2 nitrogen and oxygen atoms in total. The topological polar surface area (TPSA) is 6.48 Å². The summed E-state index contributed by atoms with van der Waals surface area (Å²) < 4.78 is 0. The Morgan fingerprint density at radius 1 is 0.833 bits per heavy atom. The van der Waals surface area contributed by atoms with Crippen molar-refractivity contribution in [2.24, 2.45) is 5.92 Å². The highest BCUT2D eigenvalue weighted by Gasteiger charge is 2.48. The molecule has 0 amide bonds. The largest absolute Gasteiger partial charge is 0.368 e. The zero-order chi connectivity index (χ0) is 16.3. The molecular weight excluding hydrogens is 292 g/mol. The summed E-state index contributed by atoms with van der Waals surface area (Å²) in [5, 5.41) is 0. The Kier molecular flexibility index (Phi) is 3.16. The van der Waals surface area contributed by atoms with Crippen LogP contribution in [-0.2, 0) is 0 Å². The quantitative estimate of drug-likeness (QED) is 0.741. The van der Waals surface area contributed by atoms with Gasteiger partial charge in [-0.3, -0.25) is 0 Å². The van der Waals surface area contributed by atoms with Gasteiger partial charge in [0.1, 0.15) is 0 Å². The Bertz CT molecular complexity index is 764. The molecule has 0 spiro atoms. The van der Waals surface area contributed by atoms with Crippen LogP contribution < -0.4 is 9.80 Å². The molecule has 2 fully saturated rings. The molecule has 2 aromatic carbocycles. The summed E-state index contributed by atoms with van der Waals surface area (Å²) in [4.78, 5) is 5.40. The molecule has 3 heterocycles. The molecule has 5 rings (SSSR count). The Morgan fingerprint density at radius 3 is 2.46 bits per heavy atom. The molecule has 2 saturated heterocycles. The second-order valence-electron chi connectivity index (χ2n) is 7.89. The first-order valence-corrected chi connectivity index (χ1v) is 9.43. The van der Waals surface area contributed by atoms with E-state index in [1.54, 1.807) is 5.56 Å². The highest BCUT2D eigenvalue weighted by Crippen LogP contribution is 2.52. The maximum absolute atomic E-state index is 2.72. The zero-order valence-corrected chi connectivity index (χ0v) is 14.7. The average molecular weight is 318 g/mol. The first-order valence-electron chi connectivity index (χ1n) is 9.43. The van der Waals surface area contributed by atoms with Crippen molar-refractivity contribution in [3.05, 3.63) is 59.2 Å². The molecule has 0 aliphatic carbocycles. The van der Waals surface area contributed by atoms with E-state index in [1.807, 2.05) is 0 Å². The molecule has 0 aromatic heterocycles. The fraction of sp³-hybridized carbons (Fsp3) is 0.455. The smallest absolute Gasteiger partial charge is 0.0611 e. The fourth-order valence-corrected chi connectivity index (χ4v) is 5.35. The minimum atomic E-state index is 0.557. The third-order valence-corrected chi connectivity index (χ3v) is 6.41. The second kappa shape index (κ2) is 5.27. The summed E-state index contributed by atoms with van der Waals surface area (Å²) in [6, 6.07) is 17.6. The van der Waals surface area contributed by atoms with Gasteiger partial charge < -0.3 is 9.80 Å². The first-order chi connectivity index (χ1) is 11.7. The van der Waals surface area contributed by atoms with Crippen LogP contribution in [-0.4, -0.2) is 19.1 Å². The number of rotatable bonds is 1. The lowest BCUT2D eigenvalue weighted by Crippen LogP contribution is -2.44.